The topological polar surface area (TPSA) is 31.5 Å². The van der Waals surface area contributed by atoms with E-state index in [4.69, 9.17) is 21.4 Å². The van der Waals surface area contributed by atoms with E-state index in [9.17, 15) is 0 Å². The standard InChI is InChI=1S/C22H20ClN3O/c1-27-16-11-9-15(10-12-16)21-24-26-14-19(17-6-2-3-8-20(17)23)18-7-4-5-13-25(21)22(18)26/h2-3,6,8-12,14H,4-5,7,13H2,1H3. The van der Waals surface area contributed by atoms with Crippen LogP contribution in [-0.2, 0) is 13.0 Å². The molecule has 5 rings (SSSR count). The molecule has 0 radical (unpaired) electrons. The van der Waals surface area contributed by atoms with Gasteiger partial charge in [-0.05, 0) is 49.6 Å². The summed E-state index contributed by atoms with van der Waals surface area (Å²) in [6, 6.07) is 16.2. The summed E-state index contributed by atoms with van der Waals surface area (Å²) in [5.41, 5.74) is 5.91. The van der Waals surface area contributed by atoms with Crippen molar-refractivity contribution in [3.05, 3.63) is 65.3 Å². The van der Waals surface area contributed by atoms with Gasteiger partial charge in [0, 0.05) is 40.0 Å². The van der Waals surface area contributed by atoms with Crippen LogP contribution in [-0.4, -0.2) is 21.3 Å². The van der Waals surface area contributed by atoms with Crippen LogP contribution in [0.3, 0.4) is 0 Å². The third-order valence-corrected chi connectivity index (χ3v) is 5.68. The third-order valence-electron chi connectivity index (χ3n) is 5.35. The smallest absolute Gasteiger partial charge is 0.162 e. The second-order valence-electron chi connectivity index (χ2n) is 6.93. The summed E-state index contributed by atoms with van der Waals surface area (Å²) >= 11 is 6.49. The van der Waals surface area contributed by atoms with Crippen LogP contribution in [0.5, 0.6) is 5.75 Å². The molecule has 0 saturated heterocycles. The quantitative estimate of drug-likeness (QED) is 0.474. The molecule has 27 heavy (non-hydrogen) atoms. The maximum absolute atomic E-state index is 6.49. The molecule has 2 aromatic carbocycles. The predicted molar refractivity (Wildman–Crippen MR) is 109 cm³/mol. The van der Waals surface area contributed by atoms with Gasteiger partial charge in [-0.3, -0.25) is 0 Å². The molecule has 0 spiro atoms. The van der Waals surface area contributed by atoms with Crippen LogP contribution in [0.15, 0.2) is 54.7 Å². The molecule has 1 aliphatic heterocycles. The molecular weight excluding hydrogens is 358 g/mol. The minimum atomic E-state index is 0.785. The van der Waals surface area contributed by atoms with Crippen molar-refractivity contribution in [1.29, 1.82) is 0 Å². The average Bonchev–Trinajstić information content (AvgIpc) is 3.13. The first-order valence-electron chi connectivity index (χ1n) is 9.26. The van der Waals surface area contributed by atoms with Crippen LogP contribution in [0.2, 0.25) is 5.02 Å². The van der Waals surface area contributed by atoms with E-state index in [1.165, 1.54) is 23.2 Å². The van der Waals surface area contributed by atoms with Gasteiger partial charge in [0.1, 0.15) is 11.4 Å². The number of aromatic nitrogens is 3. The average molecular weight is 378 g/mol. The van der Waals surface area contributed by atoms with Crippen molar-refractivity contribution in [2.75, 3.05) is 7.11 Å². The Labute approximate surface area is 163 Å². The zero-order valence-corrected chi connectivity index (χ0v) is 15.9. The lowest BCUT2D eigenvalue weighted by molar-refractivity contribution is 0.415. The summed E-state index contributed by atoms with van der Waals surface area (Å²) < 4.78 is 9.67. The van der Waals surface area contributed by atoms with Crippen LogP contribution >= 0.6 is 11.6 Å². The molecule has 1 aliphatic rings. The summed E-state index contributed by atoms with van der Waals surface area (Å²) in [4.78, 5) is 0. The van der Waals surface area contributed by atoms with Crippen LogP contribution < -0.4 is 4.74 Å². The normalized spacial score (nSPS) is 13.7. The van der Waals surface area contributed by atoms with Gasteiger partial charge in [-0.2, -0.15) is 0 Å². The highest BCUT2D eigenvalue weighted by Gasteiger charge is 2.23. The minimum Gasteiger partial charge on any atom is -0.497 e. The van der Waals surface area contributed by atoms with Gasteiger partial charge >= 0.3 is 0 Å². The summed E-state index contributed by atoms with van der Waals surface area (Å²) in [5.74, 6) is 1.86. The maximum Gasteiger partial charge on any atom is 0.162 e. The van der Waals surface area contributed by atoms with Gasteiger partial charge in [0.2, 0.25) is 0 Å². The summed E-state index contributed by atoms with van der Waals surface area (Å²) in [7, 11) is 1.69. The van der Waals surface area contributed by atoms with Gasteiger partial charge in [0.25, 0.3) is 0 Å². The van der Waals surface area contributed by atoms with Gasteiger partial charge in [0.15, 0.2) is 5.82 Å². The van der Waals surface area contributed by atoms with E-state index in [2.05, 4.69) is 29.0 Å². The van der Waals surface area contributed by atoms with Gasteiger partial charge < -0.3 is 9.30 Å². The Morgan fingerprint density at radius 3 is 2.59 bits per heavy atom. The lowest BCUT2D eigenvalue weighted by atomic mass is 10.0. The Balaban J connectivity index is 1.71. The fourth-order valence-electron chi connectivity index (χ4n) is 4.03. The fourth-order valence-corrected chi connectivity index (χ4v) is 4.27. The molecule has 0 saturated carbocycles. The minimum absolute atomic E-state index is 0.785. The van der Waals surface area contributed by atoms with E-state index in [0.29, 0.717) is 0 Å². The van der Waals surface area contributed by atoms with Gasteiger partial charge in [-0.25, -0.2) is 4.52 Å². The van der Waals surface area contributed by atoms with Crippen molar-refractivity contribution in [3.8, 4) is 28.3 Å². The fraction of sp³-hybridized carbons (Fsp3) is 0.227. The molecule has 0 aliphatic carbocycles. The third kappa shape index (κ3) is 2.63. The van der Waals surface area contributed by atoms with E-state index >= 15 is 0 Å². The first-order valence-corrected chi connectivity index (χ1v) is 9.64. The van der Waals surface area contributed by atoms with Crippen LogP contribution in [0, 0.1) is 0 Å². The van der Waals surface area contributed by atoms with Crippen LogP contribution in [0.1, 0.15) is 18.4 Å². The molecule has 2 aromatic heterocycles. The molecular formula is C22H20ClN3O. The highest BCUT2D eigenvalue weighted by atomic mass is 35.5. The van der Waals surface area contributed by atoms with E-state index in [1.54, 1.807) is 7.11 Å². The molecule has 136 valence electrons. The number of hydrogen-bond donors (Lipinski definition) is 0. The Morgan fingerprint density at radius 2 is 1.81 bits per heavy atom. The molecule has 4 aromatic rings. The molecule has 0 N–H and O–H groups in total. The Morgan fingerprint density at radius 1 is 1.00 bits per heavy atom. The summed E-state index contributed by atoms with van der Waals surface area (Å²) in [6.45, 7) is 0.976. The SMILES string of the molecule is COc1ccc(-c2nn3cc(-c4ccccc4Cl)c4c3n2CCCC4)cc1. The van der Waals surface area contributed by atoms with Crippen LogP contribution in [0.25, 0.3) is 28.2 Å². The zero-order chi connectivity index (χ0) is 18.4. The van der Waals surface area contributed by atoms with Crippen molar-refractivity contribution >= 4 is 17.2 Å². The number of halogens is 1. The lowest BCUT2D eigenvalue weighted by Gasteiger charge is -2.08. The number of rotatable bonds is 3. The van der Waals surface area contributed by atoms with Crippen molar-refractivity contribution in [2.45, 2.75) is 25.8 Å². The first-order chi connectivity index (χ1) is 13.3. The molecule has 0 atom stereocenters. The Bertz CT molecular complexity index is 1120. The molecule has 0 amide bonds. The lowest BCUT2D eigenvalue weighted by Crippen LogP contribution is -1.99. The largest absolute Gasteiger partial charge is 0.497 e. The molecule has 0 unspecified atom stereocenters. The molecule has 4 nitrogen and oxygen atoms in total. The van der Waals surface area contributed by atoms with Crippen molar-refractivity contribution in [2.24, 2.45) is 0 Å². The van der Waals surface area contributed by atoms with Gasteiger partial charge in [-0.1, -0.05) is 29.8 Å². The Kier molecular flexibility index (Phi) is 3.94. The number of methoxy groups -OCH3 is 1. The maximum atomic E-state index is 6.49. The number of hydrogen-bond acceptors (Lipinski definition) is 2. The predicted octanol–water partition coefficient (Wildman–Crippen LogP) is 5.47. The monoisotopic (exact) mass is 377 g/mol. The van der Waals surface area contributed by atoms with Crippen molar-refractivity contribution in [1.82, 2.24) is 14.2 Å². The number of ether oxygens (including phenoxy) is 1. The molecule has 0 fully saturated rings. The zero-order valence-electron chi connectivity index (χ0n) is 15.2. The van der Waals surface area contributed by atoms with Crippen molar-refractivity contribution < 1.29 is 4.74 Å². The number of benzene rings is 2. The number of nitrogens with zero attached hydrogens (tertiary/aromatic N) is 3. The second-order valence-corrected chi connectivity index (χ2v) is 7.34. The first kappa shape index (κ1) is 16.5. The molecule has 3 heterocycles. The highest BCUT2D eigenvalue weighted by molar-refractivity contribution is 6.33. The molecule has 5 heteroatoms. The van der Waals surface area contributed by atoms with E-state index in [-0.39, 0.29) is 0 Å². The van der Waals surface area contributed by atoms with Crippen molar-refractivity contribution in [3.63, 3.8) is 0 Å². The van der Waals surface area contributed by atoms with E-state index in [0.717, 1.165) is 47.1 Å². The van der Waals surface area contributed by atoms with Gasteiger partial charge in [0.05, 0.1) is 7.11 Å². The number of aryl methyl sites for hydroxylation is 2. The highest BCUT2D eigenvalue weighted by Crippen LogP contribution is 2.37. The van der Waals surface area contributed by atoms with Crippen LogP contribution in [0.4, 0.5) is 0 Å². The Hall–Kier alpha value is -2.72. The van der Waals surface area contributed by atoms with E-state index in [1.807, 2.05) is 34.8 Å². The van der Waals surface area contributed by atoms with E-state index < -0.39 is 0 Å². The summed E-state index contributed by atoms with van der Waals surface area (Å²) in [5, 5.41) is 5.71. The summed E-state index contributed by atoms with van der Waals surface area (Å²) in [6.07, 6.45) is 5.48. The second kappa shape index (κ2) is 6.46. The molecule has 0 bridgehead atoms. The van der Waals surface area contributed by atoms with Gasteiger partial charge in [-0.15, -0.1) is 5.10 Å².